The topological polar surface area (TPSA) is 42.7 Å². The number of benzene rings is 1. The number of nitrogens with one attached hydrogen (secondary N) is 1. The quantitative estimate of drug-likeness (QED) is 0.797. The lowest BCUT2D eigenvalue weighted by Gasteiger charge is -2.06. The Balaban J connectivity index is 1.90. The summed E-state index contributed by atoms with van der Waals surface area (Å²) in [5.74, 6) is 1.20. The van der Waals surface area contributed by atoms with Crippen molar-refractivity contribution in [2.45, 2.75) is 6.42 Å². The first kappa shape index (κ1) is 12.0. The zero-order valence-electron chi connectivity index (χ0n) is 9.84. The van der Waals surface area contributed by atoms with Crippen LogP contribution in [-0.2, 0) is 0 Å². The number of thioether (sulfide) groups is 1. The molecule has 0 bridgehead atoms. The van der Waals surface area contributed by atoms with E-state index in [1.165, 1.54) is 12.2 Å². The van der Waals surface area contributed by atoms with Crippen molar-refractivity contribution in [3.63, 3.8) is 0 Å². The van der Waals surface area contributed by atoms with Gasteiger partial charge in [0.15, 0.2) is 0 Å². The molecular formula is C12H16N4S. The molecule has 90 valence electrons. The van der Waals surface area contributed by atoms with Gasteiger partial charge in [-0.3, -0.25) is 0 Å². The maximum Gasteiger partial charge on any atom is 0.0858 e. The Hall–Kier alpha value is -1.49. The maximum absolute atomic E-state index is 4.09. The van der Waals surface area contributed by atoms with Crippen molar-refractivity contribution >= 4 is 17.4 Å². The average molecular weight is 248 g/mol. The highest BCUT2D eigenvalue weighted by Gasteiger charge is 1.97. The molecule has 2 aromatic rings. The molecule has 0 aliphatic heterocycles. The third-order valence-electron chi connectivity index (χ3n) is 2.37. The van der Waals surface area contributed by atoms with Crippen LogP contribution in [0, 0.1) is 0 Å². The third kappa shape index (κ3) is 3.49. The van der Waals surface area contributed by atoms with Gasteiger partial charge in [-0.15, -0.1) is 0 Å². The van der Waals surface area contributed by atoms with Crippen molar-refractivity contribution in [3.8, 4) is 5.69 Å². The number of hydrogen-bond donors (Lipinski definition) is 1. The zero-order valence-corrected chi connectivity index (χ0v) is 10.7. The van der Waals surface area contributed by atoms with Crippen molar-refractivity contribution in [1.82, 2.24) is 15.0 Å². The monoisotopic (exact) mass is 248 g/mol. The molecule has 2 rings (SSSR count). The molecule has 0 aliphatic rings. The number of hydrogen-bond acceptors (Lipinski definition) is 4. The highest BCUT2D eigenvalue weighted by atomic mass is 32.2. The van der Waals surface area contributed by atoms with Crippen molar-refractivity contribution in [1.29, 1.82) is 0 Å². The van der Waals surface area contributed by atoms with Gasteiger partial charge in [-0.2, -0.15) is 26.8 Å². The zero-order chi connectivity index (χ0) is 11.9. The summed E-state index contributed by atoms with van der Waals surface area (Å²) in [4.78, 5) is 1.61. The van der Waals surface area contributed by atoms with Gasteiger partial charge in [0.25, 0.3) is 0 Å². The first-order valence-corrected chi connectivity index (χ1v) is 6.99. The van der Waals surface area contributed by atoms with Crippen molar-refractivity contribution in [2.75, 3.05) is 23.9 Å². The average Bonchev–Trinajstić information content (AvgIpc) is 2.89. The third-order valence-corrected chi connectivity index (χ3v) is 3.07. The summed E-state index contributed by atoms with van der Waals surface area (Å²) < 4.78 is 0. The van der Waals surface area contributed by atoms with E-state index in [1.54, 1.807) is 17.2 Å². The van der Waals surface area contributed by atoms with Crippen LogP contribution in [-0.4, -0.2) is 33.5 Å². The fraction of sp³-hybridized carbons (Fsp3) is 0.333. The second-order valence-electron chi connectivity index (χ2n) is 3.64. The number of aromatic nitrogens is 3. The summed E-state index contributed by atoms with van der Waals surface area (Å²) in [6, 6.07) is 8.13. The van der Waals surface area contributed by atoms with E-state index in [0.717, 1.165) is 17.9 Å². The van der Waals surface area contributed by atoms with E-state index in [0.29, 0.717) is 0 Å². The minimum absolute atomic E-state index is 0.977. The second-order valence-corrected chi connectivity index (χ2v) is 4.62. The van der Waals surface area contributed by atoms with Crippen LogP contribution in [0.4, 0.5) is 5.69 Å². The standard InChI is InChI=1S/C12H16N4S/c1-17-10-2-7-13-11-3-5-12(6-4-11)16-14-8-9-15-16/h3-6,8-9,13H,2,7,10H2,1H3. The van der Waals surface area contributed by atoms with Crippen LogP contribution in [0.3, 0.4) is 0 Å². The Morgan fingerprint density at radius 2 is 1.88 bits per heavy atom. The van der Waals surface area contributed by atoms with Crippen LogP contribution < -0.4 is 5.32 Å². The fourth-order valence-electron chi connectivity index (χ4n) is 1.51. The summed E-state index contributed by atoms with van der Waals surface area (Å²) in [5.41, 5.74) is 2.12. The molecular weight excluding hydrogens is 232 g/mol. The van der Waals surface area contributed by atoms with Gasteiger partial charge in [-0.05, 0) is 42.7 Å². The molecule has 1 aromatic carbocycles. The Morgan fingerprint density at radius 3 is 2.53 bits per heavy atom. The molecule has 1 heterocycles. The van der Waals surface area contributed by atoms with Gasteiger partial charge in [0.2, 0.25) is 0 Å². The molecule has 5 heteroatoms. The molecule has 0 amide bonds. The maximum atomic E-state index is 4.09. The van der Waals surface area contributed by atoms with E-state index in [4.69, 9.17) is 0 Å². The lowest BCUT2D eigenvalue weighted by molar-refractivity contribution is 0.752. The highest BCUT2D eigenvalue weighted by molar-refractivity contribution is 7.98. The Morgan fingerprint density at radius 1 is 1.18 bits per heavy atom. The predicted molar refractivity (Wildman–Crippen MR) is 72.8 cm³/mol. The fourth-order valence-corrected chi connectivity index (χ4v) is 1.94. The van der Waals surface area contributed by atoms with Gasteiger partial charge in [0.1, 0.15) is 0 Å². The van der Waals surface area contributed by atoms with E-state index >= 15 is 0 Å². The molecule has 0 saturated carbocycles. The van der Waals surface area contributed by atoms with Crippen LogP contribution in [0.5, 0.6) is 0 Å². The van der Waals surface area contributed by atoms with Crippen molar-refractivity contribution in [2.24, 2.45) is 0 Å². The predicted octanol–water partition coefficient (Wildman–Crippen LogP) is 2.43. The minimum atomic E-state index is 0.977. The van der Waals surface area contributed by atoms with Crippen molar-refractivity contribution in [3.05, 3.63) is 36.7 Å². The van der Waals surface area contributed by atoms with Gasteiger partial charge >= 0.3 is 0 Å². The minimum Gasteiger partial charge on any atom is -0.385 e. The SMILES string of the molecule is CSCCCNc1ccc(-n2nccn2)cc1. The van der Waals surface area contributed by atoms with E-state index in [2.05, 4.69) is 33.9 Å². The Kier molecular flexibility index (Phi) is 4.44. The summed E-state index contributed by atoms with van der Waals surface area (Å²) in [7, 11) is 0. The molecule has 0 unspecified atom stereocenters. The molecule has 0 spiro atoms. The van der Waals surface area contributed by atoms with Gasteiger partial charge < -0.3 is 5.32 Å². The summed E-state index contributed by atoms with van der Waals surface area (Å²) >= 11 is 1.88. The lowest BCUT2D eigenvalue weighted by Crippen LogP contribution is -2.03. The lowest BCUT2D eigenvalue weighted by atomic mass is 10.3. The number of anilines is 1. The van der Waals surface area contributed by atoms with Gasteiger partial charge in [0, 0.05) is 12.2 Å². The van der Waals surface area contributed by atoms with Crippen LogP contribution >= 0.6 is 11.8 Å². The van der Waals surface area contributed by atoms with E-state index in [-0.39, 0.29) is 0 Å². The molecule has 17 heavy (non-hydrogen) atoms. The molecule has 0 radical (unpaired) electrons. The second kappa shape index (κ2) is 6.30. The Bertz CT molecular complexity index is 424. The first-order chi connectivity index (χ1) is 8.40. The normalized spacial score (nSPS) is 10.4. The molecule has 0 atom stereocenters. The van der Waals surface area contributed by atoms with Gasteiger partial charge in [-0.25, -0.2) is 0 Å². The Labute approximate surface area is 105 Å². The van der Waals surface area contributed by atoms with Crippen LogP contribution in [0.1, 0.15) is 6.42 Å². The summed E-state index contributed by atoms with van der Waals surface area (Å²) in [6.07, 6.45) is 6.67. The molecule has 0 aliphatic carbocycles. The summed E-state index contributed by atoms with van der Waals surface area (Å²) in [6.45, 7) is 1.01. The molecule has 4 nitrogen and oxygen atoms in total. The molecule has 0 saturated heterocycles. The highest BCUT2D eigenvalue weighted by Crippen LogP contribution is 2.11. The number of nitrogens with zero attached hydrogens (tertiary/aromatic N) is 3. The molecule has 1 N–H and O–H groups in total. The molecule has 1 aromatic heterocycles. The van der Waals surface area contributed by atoms with Gasteiger partial charge in [0.05, 0.1) is 18.1 Å². The smallest absolute Gasteiger partial charge is 0.0858 e. The molecule has 0 fully saturated rings. The van der Waals surface area contributed by atoms with E-state index in [9.17, 15) is 0 Å². The summed E-state index contributed by atoms with van der Waals surface area (Å²) in [5, 5.41) is 11.6. The van der Waals surface area contributed by atoms with E-state index < -0.39 is 0 Å². The van der Waals surface area contributed by atoms with Crippen LogP contribution in [0.2, 0.25) is 0 Å². The van der Waals surface area contributed by atoms with Gasteiger partial charge in [-0.1, -0.05) is 0 Å². The largest absolute Gasteiger partial charge is 0.385 e. The first-order valence-electron chi connectivity index (χ1n) is 5.60. The van der Waals surface area contributed by atoms with Crippen LogP contribution in [0.25, 0.3) is 5.69 Å². The van der Waals surface area contributed by atoms with E-state index in [1.807, 2.05) is 23.9 Å². The van der Waals surface area contributed by atoms with Crippen LogP contribution in [0.15, 0.2) is 36.7 Å². The number of rotatable bonds is 6. The van der Waals surface area contributed by atoms with Crippen molar-refractivity contribution < 1.29 is 0 Å².